The number of imidazole rings is 1. The van der Waals surface area contributed by atoms with Gasteiger partial charge in [0.25, 0.3) is 5.91 Å². The Morgan fingerprint density at radius 2 is 2.12 bits per heavy atom. The second-order valence-electron chi connectivity index (χ2n) is 5.58. The quantitative estimate of drug-likeness (QED) is 0.470. The van der Waals surface area contributed by atoms with Gasteiger partial charge in [0.15, 0.2) is 11.5 Å². The van der Waals surface area contributed by atoms with Gasteiger partial charge in [-0.15, -0.1) is 0 Å². The zero-order valence-corrected chi connectivity index (χ0v) is 14.1. The number of aromatic amines is 1. The summed E-state index contributed by atoms with van der Waals surface area (Å²) in [7, 11) is 1.48. The van der Waals surface area contributed by atoms with Gasteiger partial charge in [-0.05, 0) is 41.5 Å². The molecule has 3 N–H and O–H groups in total. The number of phenols is 1. The van der Waals surface area contributed by atoms with E-state index in [1.165, 1.54) is 19.4 Å². The molecule has 0 atom stereocenters. The van der Waals surface area contributed by atoms with E-state index in [0.717, 1.165) is 17.7 Å². The Bertz CT molecular complexity index is 903. The monoisotopic (exact) mass is 350 g/mol. The predicted octanol–water partition coefficient (Wildman–Crippen LogP) is 2.48. The average molecular weight is 350 g/mol. The van der Waals surface area contributed by atoms with Crippen molar-refractivity contribution in [3.05, 3.63) is 77.4 Å². The fourth-order valence-electron chi connectivity index (χ4n) is 2.39. The highest BCUT2D eigenvalue weighted by Gasteiger charge is 2.05. The van der Waals surface area contributed by atoms with Crippen LogP contribution in [-0.2, 0) is 6.42 Å². The Balaban J connectivity index is 1.58. The summed E-state index contributed by atoms with van der Waals surface area (Å²) in [5, 5.41) is 13.6. The summed E-state index contributed by atoms with van der Waals surface area (Å²) in [5.74, 6) is 0.0733. The van der Waals surface area contributed by atoms with Crippen molar-refractivity contribution in [1.29, 1.82) is 0 Å². The van der Waals surface area contributed by atoms with E-state index >= 15 is 0 Å². The number of aromatic nitrogens is 2. The van der Waals surface area contributed by atoms with Crippen LogP contribution < -0.4 is 10.2 Å². The smallest absolute Gasteiger partial charge is 0.271 e. The summed E-state index contributed by atoms with van der Waals surface area (Å²) in [6.45, 7) is 0. The molecule has 0 bridgehead atoms. The van der Waals surface area contributed by atoms with Crippen molar-refractivity contribution in [1.82, 2.24) is 15.4 Å². The van der Waals surface area contributed by atoms with Crippen LogP contribution in [0, 0.1) is 0 Å². The van der Waals surface area contributed by atoms with Gasteiger partial charge in [0.2, 0.25) is 0 Å². The van der Waals surface area contributed by atoms with Crippen LogP contribution in [0.2, 0.25) is 0 Å². The van der Waals surface area contributed by atoms with Crippen LogP contribution in [-0.4, -0.2) is 34.3 Å². The van der Waals surface area contributed by atoms with Crippen molar-refractivity contribution in [2.75, 3.05) is 7.11 Å². The number of amides is 1. The van der Waals surface area contributed by atoms with Gasteiger partial charge in [-0.3, -0.25) is 4.79 Å². The first kappa shape index (κ1) is 17.2. The molecule has 7 nitrogen and oxygen atoms in total. The second kappa shape index (κ2) is 7.98. The van der Waals surface area contributed by atoms with Gasteiger partial charge >= 0.3 is 0 Å². The van der Waals surface area contributed by atoms with E-state index < -0.39 is 0 Å². The molecule has 0 spiro atoms. The highest BCUT2D eigenvalue weighted by atomic mass is 16.5. The van der Waals surface area contributed by atoms with Crippen molar-refractivity contribution in [2.45, 2.75) is 6.42 Å². The molecule has 132 valence electrons. The molecule has 0 saturated heterocycles. The first-order chi connectivity index (χ1) is 12.7. The summed E-state index contributed by atoms with van der Waals surface area (Å²) in [6, 6.07) is 12.1. The molecule has 0 aliphatic heterocycles. The largest absolute Gasteiger partial charge is 0.504 e. The lowest BCUT2D eigenvalue weighted by Gasteiger charge is -2.04. The van der Waals surface area contributed by atoms with Crippen LogP contribution in [0.3, 0.4) is 0 Å². The number of carbonyl (C=O) groups excluding carboxylic acids is 1. The van der Waals surface area contributed by atoms with Gasteiger partial charge in [-0.1, -0.05) is 12.1 Å². The standard InChI is InChI=1S/C19H18N4O3/c1-26-18-7-4-14(9-17(18)24)10-22-23-19(25)15-5-2-13(3-6-15)8-16-11-20-12-21-16/h2-7,9-12,24H,8H2,1H3,(H,20,21)(H,23,25)/b22-10+. The van der Waals surface area contributed by atoms with Crippen LogP contribution in [0.5, 0.6) is 11.5 Å². The lowest BCUT2D eigenvalue weighted by Crippen LogP contribution is -2.17. The van der Waals surface area contributed by atoms with E-state index in [4.69, 9.17) is 4.74 Å². The molecule has 1 amide bonds. The maximum absolute atomic E-state index is 12.1. The van der Waals surface area contributed by atoms with Crippen molar-refractivity contribution >= 4 is 12.1 Å². The Hall–Kier alpha value is -3.61. The summed E-state index contributed by atoms with van der Waals surface area (Å²) in [6.07, 6.45) is 5.58. The number of ether oxygens (including phenoxy) is 1. The third kappa shape index (κ3) is 4.27. The lowest BCUT2D eigenvalue weighted by molar-refractivity contribution is 0.0955. The van der Waals surface area contributed by atoms with Crippen molar-refractivity contribution in [3.8, 4) is 11.5 Å². The van der Waals surface area contributed by atoms with Crippen LogP contribution >= 0.6 is 0 Å². The van der Waals surface area contributed by atoms with E-state index in [-0.39, 0.29) is 11.7 Å². The van der Waals surface area contributed by atoms with E-state index in [9.17, 15) is 9.90 Å². The average Bonchev–Trinajstić information content (AvgIpc) is 3.15. The highest BCUT2D eigenvalue weighted by Crippen LogP contribution is 2.25. The fourth-order valence-corrected chi connectivity index (χ4v) is 2.39. The van der Waals surface area contributed by atoms with Gasteiger partial charge in [-0.25, -0.2) is 10.4 Å². The van der Waals surface area contributed by atoms with Crippen LogP contribution in [0.4, 0.5) is 0 Å². The Labute approximate surface area is 150 Å². The third-order valence-corrected chi connectivity index (χ3v) is 3.75. The van der Waals surface area contributed by atoms with E-state index in [1.54, 1.807) is 36.8 Å². The van der Waals surface area contributed by atoms with Crippen LogP contribution in [0.1, 0.15) is 27.2 Å². The molecule has 2 aromatic carbocycles. The zero-order chi connectivity index (χ0) is 18.4. The zero-order valence-electron chi connectivity index (χ0n) is 14.1. The molecule has 3 rings (SSSR count). The van der Waals surface area contributed by atoms with Gasteiger partial charge in [0.1, 0.15) is 0 Å². The molecule has 1 heterocycles. The summed E-state index contributed by atoms with van der Waals surface area (Å²) in [4.78, 5) is 19.1. The van der Waals surface area contributed by atoms with E-state index in [2.05, 4.69) is 20.5 Å². The normalized spacial score (nSPS) is 10.8. The van der Waals surface area contributed by atoms with Crippen molar-refractivity contribution in [2.24, 2.45) is 5.10 Å². The minimum atomic E-state index is -0.313. The number of nitrogens with one attached hydrogen (secondary N) is 2. The number of carbonyl (C=O) groups is 1. The number of aromatic hydroxyl groups is 1. The highest BCUT2D eigenvalue weighted by molar-refractivity contribution is 5.94. The number of methoxy groups -OCH3 is 1. The molecule has 7 heteroatoms. The number of phenolic OH excluding ortho intramolecular Hbond substituents is 1. The number of hydrazone groups is 1. The predicted molar refractivity (Wildman–Crippen MR) is 97.6 cm³/mol. The maximum atomic E-state index is 12.1. The molecule has 0 saturated carbocycles. The van der Waals surface area contributed by atoms with E-state index in [1.807, 2.05) is 12.1 Å². The molecule has 3 aromatic rings. The van der Waals surface area contributed by atoms with Crippen LogP contribution in [0.25, 0.3) is 0 Å². The minimum Gasteiger partial charge on any atom is -0.504 e. The molecule has 0 unspecified atom stereocenters. The minimum absolute atomic E-state index is 0.00984. The SMILES string of the molecule is COc1ccc(/C=N/NC(=O)c2ccc(Cc3cnc[nH]3)cc2)cc1O. The molecule has 26 heavy (non-hydrogen) atoms. The Morgan fingerprint density at radius 3 is 2.77 bits per heavy atom. The molecule has 0 radical (unpaired) electrons. The van der Waals surface area contributed by atoms with Gasteiger partial charge in [0, 0.05) is 23.9 Å². The number of benzene rings is 2. The molecule has 0 fully saturated rings. The first-order valence-corrected chi connectivity index (χ1v) is 7.92. The van der Waals surface area contributed by atoms with Gasteiger partial charge < -0.3 is 14.8 Å². The molecular formula is C19H18N4O3. The second-order valence-corrected chi connectivity index (χ2v) is 5.58. The summed E-state index contributed by atoms with van der Waals surface area (Å²) < 4.78 is 4.97. The Morgan fingerprint density at radius 1 is 1.31 bits per heavy atom. The summed E-state index contributed by atoms with van der Waals surface area (Å²) >= 11 is 0. The van der Waals surface area contributed by atoms with Gasteiger partial charge in [-0.2, -0.15) is 5.10 Å². The molecule has 1 aromatic heterocycles. The fraction of sp³-hybridized carbons (Fsp3) is 0.105. The number of hydrogen-bond acceptors (Lipinski definition) is 5. The third-order valence-electron chi connectivity index (χ3n) is 3.75. The number of rotatable bonds is 6. The van der Waals surface area contributed by atoms with Crippen LogP contribution in [0.15, 0.2) is 60.1 Å². The van der Waals surface area contributed by atoms with Crippen molar-refractivity contribution < 1.29 is 14.6 Å². The molecule has 0 aliphatic rings. The van der Waals surface area contributed by atoms with E-state index in [0.29, 0.717) is 16.9 Å². The van der Waals surface area contributed by atoms with Crippen molar-refractivity contribution in [3.63, 3.8) is 0 Å². The van der Waals surface area contributed by atoms with Gasteiger partial charge in [0.05, 0.1) is 19.7 Å². The number of hydrogen-bond donors (Lipinski definition) is 3. The first-order valence-electron chi connectivity index (χ1n) is 7.92. The number of H-pyrrole nitrogens is 1. The topological polar surface area (TPSA) is 99.6 Å². The maximum Gasteiger partial charge on any atom is 0.271 e. The molecular weight excluding hydrogens is 332 g/mol. The summed E-state index contributed by atoms with van der Waals surface area (Å²) in [5.41, 5.74) is 5.69. The molecule has 0 aliphatic carbocycles. The Kier molecular flexibility index (Phi) is 5.28. The lowest BCUT2D eigenvalue weighted by atomic mass is 10.1. The number of nitrogens with zero attached hydrogens (tertiary/aromatic N) is 2.